The van der Waals surface area contributed by atoms with Crippen molar-refractivity contribution in [2.24, 2.45) is 11.7 Å². The molecule has 0 spiro atoms. The summed E-state index contributed by atoms with van der Waals surface area (Å²) in [5, 5.41) is 0. The van der Waals surface area contributed by atoms with Gasteiger partial charge in [-0.2, -0.15) is 0 Å². The van der Waals surface area contributed by atoms with E-state index in [2.05, 4.69) is 30.6 Å². The molecule has 2 fully saturated rings. The van der Waals surface area contributed by atoms with Gasteiger partial charge in [0.05, 0.1) is 0 Å². The number of piperidine rings is 1. The maximum Gasteiger partial charge on any atom is 0.0358 e. The van der Waals surface area contributed by atoms with Crippen molar-refractivity contribution in [2.75, 3.05) is 32.7 Å². The van der Waals surface area contributed by atoms with Crippen molar-refractivity contribution < 1.29 is 0 Å². The van der Waals surface area contributed by atoms with E-state index in [1.165, 1.54) is 58.3 Å². The lowest BCUT2D eigenvalue weighted by atomic mass is 9.84. The molecule has 19 heavy (non-hydrogen) atoms. The molecular weight excluding hydrogens is 234 g/mol. The maximum atomic E-state index is 6.23. The summed E-state index contributed by atoms with van der Waals surface area (Å²) in [6, 6.07) is 0.627. The fourth-order valence-corrected chi connectivity index (χ4v) is 3.65. The smallest absolute Gasteiger partial charge is 0.0358 e. The molecule has 2 N–H and O–H groups in total. The van der Waals surface area contributed by atoms with Crippen molar-refractivity contribution in [2.45, 2.75) is 64.5 Å². The number of nitrogens with zero attached hydrogens (tertiary/aromatic N) is 2. The maximum absolute atomic E-state index is 6.23. The van der Waals surface area contributed by atoms with Crippen LogP contribution in [0.25, 0.3) is 0 Å². The van der Waals surface area contributed by atoms with Gasteiger partial charge in [0.25, 0.3) is 0 Å². The number of hydrogen-bond donors (Lipinski definition) is 1. The predicted molar refractivity (Wildman–Crippen MR) is 82.3 cm³/mol. The zero-order valence-corrected chi connectivity index (χ0v) is 13.2. The Morgan fingerprint density at radius 2 is 1.89 bits per heavy atom. The Labute approximate surface area is 119 Å². The van der Waals surface area contributed by atoms with E-state index < -0.39 is 0 Å². The number of likely N-dealkylation sites (tertiary alicyclic amines) is 1. The van der Waals surface area contributed by atoms with Crippen LogP contribution in [-0.2, 0) is 0 Å². The number of rotatable bonds is 7. The van der Waals surface area contributed by atoms with Crippen LogP contribution in [0, 0.1) is 5.92 Å². The van der Waals surface area contributed by atoms with Crippen LogP contribution in [0.1, 0.15) is 52.9 Å². The summed E-state index contributed by atoms with van der Waals surface area (Å²) in [6.07, 6.45) is 6.66. The number of nitrogens with two attached hydrogens (primary N) is 1. The Bertz CT molecular complexity index is 265. The van der Waals surface area contributed by atoms with Crippen molar-refractivity contribution in [1.82, 2.24) is 9.80 Å². The third-order valence-electron chi connectivity index (χ3n) is 5.09. The molecule has 0 bridgehead atoms. The van der Waals surface area contributed by atoms with E-state index >= 15 is 0 Å². The van der Waals surface area contributed by atoms with Gasteiger partial charge in [-0.1, -0.05) is 6.92 Å². The second-order valence-electron chi connectivity index (χ2n) is 6.96. The van der Waals surface area contributed by atoms with Gasteiger partial charge in [-0.15, -0.1) is 0 Å². The molecule has 2 rings (SSSR count). The summed E-state index contributed by atoms with van der Waals surface area (Å²) in [4.78, 5) is 5.36. The van der Waals surface area contributed by atoms with E-state index in [9.17, 15) is 0 Å². The van der Waals surface area contributed by atoms with E-state index in [4.69, 9.17) is 5.73 Å². The molecule has 0 aromatic carbocycles. The fourth-order valence-electron chi connectivity index (χ4n) is 3.65. The third kappa shape index (κ3) is 3.71. The molecule has 2 aliphatic rings. The van der Waals surface area contributed by atoms with Crippen LogP contribution in [0.3, 0.4) is 0 Å². The van der Waals surface area contributed by atoms with Gasteiger partial charge in [0.1, 0.15) is 0 Å². The Morgan fingerprint density at radius 1 is 1.26 bits per heavy atom. The summed E-state index contributed by atoms with van der Waals surface area (Å²) in [5.74, 6) is 0.958. The summed E-state index contributed by atoms with van der Waals surface area (Å²) in [6.45, 7) is 12.8. The molecule has 112 valence electrons. The van der Waals surface area contributed by atoms with Crippen molar-refractivity contribution in [3.63, 3.8) is 0 Å². The Kier molecular flexibility index (Phi) is 5.27. The van der Waals surface area contributed by atoms with Gasteiger partial charge in [0, 0.05) is 24.7 Å². The van der Waals surface area contributed by atoms with Crippen LogP contribution in [-0.4, -0.2) is 54.1 Å². The third-order valence-corrected chi connectivity index (χ3v) is 5.09. The summed E-state index contributed by atoms with van der Waals surface area (Å²) in [5.41, 5.74) is 6.51. The lowest BCUT2D eigenvalue weighted by Gasteiger charge is -2.50. The van der Waals surface area contributed by atoms with Crippen LogP contribution in [0.5, 0.6) is 0 Å². The Hall–Kier alpha value is -0.120. The molecule has 1 aliphatic carbocycles. The lowest BCUT2D eigenvalue weighted by molar-refractivity contribution is 0.00243. The SMILES string of the molecule is CCCN1CCC(CN)(N(CC2CC2)C(C)C)CC1. The molecule has 1 saturated heterocycles. The molecule has 3 heteroatoms. The normalized spacial score (nSPS) is 24.3. The van der Waals surface area contributed by atoms with Gasteiger partial charge in [-0.05, 0) is 71.5 Å². The largest absolute Gasteiger partial charge is 0.329 e. The van der Waals surface area contributed by atoms with Crippen molar-refractivity contribution >= 4 is 0 Å². The lowest BCUT2D eigenvalue weighted by Crippen LogP contribution is -2.61. The highest BCUT2D eigenvalue weighted by atomic mass is 15.3. The molecule has 0 unspecified atom stereocenters. The first-order valence-electron chi connectivity index (χ1n) is 8.30. The minimum absolute atomic E-state index is 0.279. The average Bonchev–Trinajstić information content (AvgIpc) is 3.21. The predicted octanol–water partition coefficient (Wildman–Crippen LogP) is 2.31. The summed E-state index contributed by atoms with van der Waals surface area (Å²) < 4.78 is 0. The van der Waals surface area contributed by atoms with E-state index in [1.54, 1.807) is 0 Å². The van der Waals surface area contributed by atoms with Crippen LogP contribution in [0.15, 0.2) is 0 Å². The first-order valence-corrected chi connectivity index (χ1v) is 8.30. The molecule has 0 radical (unpaired) electrons. The van der Waals surface area contributed by atoms with Gasteiger partial charge in [-0.25, -0.2) is 0 Å². The quantitative estimate of drug-likeness (QED) is 0.768. The van der Waals surface area contributed by atoms with E-state index in [0.29, 0.717) is 6.04 Å². The summed E-state index contributed by atoms with van der Waals surface area (Å²) >= 11 is 0. The minimum Gasteiger partial charge on any atom is -0.329 e. The van der Waals surface area contributed by atoms with Crippen LogP contribution >= 0.6 is 0 Å². The zero-order chi connectivity index (χ0) is 13.9. The first-order chi connectivity index (χ1) is 9.11. The van der Waals surface area contributed by atoms with E-state index in [-0.39, 0.29) is 5.54 Å². The van der Waals surface area contributed by atoms with Crippen LogP contribution in [0.2, 0.25) is 0 Å². The number of hydrogen-bond acceptors (Lipinski definition) is 3. The Morgan fingerprint density at radius 3 is 2.32 bits per heavy atom. The second kappa shape index (κ2) is 6.55. The van der Waals surface area contributed by atoms with Crippen molar-refractivity contribution in [1.29, 1.82) is 0 Å². The highest BCUT2D eigenvalue weighted by Crippen LogP contribution is 2.36. The van der Waals surface area contributed by atoms with E-state index in [0.717, 1.165) is 12.5 Å². The van der Waals surface area contributed by atoms with Gasteiger partial charge in [-0.3, -0.25) is 4.90 Å². The molecule has 1 saturated carbocycles. The van der Waals surface area contributed by atoms with Gasteiger partial charge >= 0.3 is 0 Å². The van der Waals surface area contributed by atoms with Crippen molar-refractivity contribution in [3.8, 4) is 0 Å². The van der Waals surface area contributed by atoms with Gasteiger partial charge in [0.2, 0.25) is 0 Å². The molecule has 1 heterocycles. The fraction of sp³-hybridized carbons (Fsp3) is 1.00. The van der Waals surface area contributed by atoms with Gasteiger partial charge in [0.15, 0.2) is 0 Å². The second-order valence-corrected chi connectivity index (χ2v) is 6.96. The topological polar surface area (TPSA) is 32.5 Å². The van der Waals surface area contributed by atoms with Crippen LogP contribution < -0.4 is 5.73 Å². The van der Waals surface area contributed by atoms with E-state index in [1.807, 2.05) is 0 Å². The van der Waals surface area contributed by atoms with Crippen molar-refractivity contribution in [3.05, 3.63) is 0 Å². The zero-order valence-electron chi connectivity index (χ0n) is 13.2. The highest BCUT2D eigenvalue weighted by Gasteiger charge is 2.41. The molecule has 3 nitrogen and oxygen atoms in total. The molecule has 1 aliphatic heterocycles. The highest BCUT2D eigenvalue weighted by molar-refractivity contribution is 4.99. The first kappa shape index (κ1) is 15.3. The standard InChI is InChI=1S/C16H33N3/c1-4-9-18-10-7-16(13-17,8-11-18)19(14(2)3)12-15-5-6-15/h14-15H,4-13,17H2,1-3H3. The Balaban J connectivity index is 1.99. The molecular formula is C16H33N3. The van der Waals surface area contributed by atoms with Gasteiger partial charge < -0.3 is 10.6 Å². The average molecular weight is 267 g/mol. The monoisotopic (exact) mass is 267 g/mol. The van der Waals surface area contributed by atoms with Crippen LogP contribution in [0.4, 0.5) is 0 Å². The summed E-state index contributed by atoms with van der Waals surface area (Å²) in [7, 11) is 0. The molecule has 0 aromatic rings. The molecule has 0 aromatic heterocycles. The molecule has 0 amide bonds. The minimum atomic E-state index is 0.279. The molecule has 0 atom stereocenters.